The van der Waals surface area contributed by atoms with Crippen molar-refractivity contribution >= 4 is 17.8 Å². The highest BCUT2D eigenvalue weighted by Gasteiger charge is 2.32. The molecule has 0 saturated carbocycles. The first-order valence-corrected chi connectivity index (χ1v) is 8.86. The van der Waals surface area contributed by atoms with Crippen molar-refractivity contribution in [2.45, 2.75) is 32.2 Å². The number of hydrogen-bond acceptors (Lipinski definition) is 6. The summed E-state index contributed by atoms with van der Waals surface area (Å²) in [5.41, 5.74) is 5.36. The molecule has 1 saturated heterocycles. The van der Waals surface area contributed by atoms with E-state index < -0.39 is 30.4 Å². The Morgan fingerprint density at radius 3 is 2.68 bits per heavy atom. The second-order valence-corrected chi connectivity index (χ2v) is 6.49. The molecule has 0 aromatic carbocycles. The number of furan rings is 1. The Morgan fingerprint density at radius 2 is 2.04 bits per heavy atom. The molecule has 0 aliphatic carbocycles. The molecule has 9 nitrogen and oxygen atoms in total. The molecular weight excluding hydrogens is 364 g/mol. The minimum Gasteiger partial charge on any atom is -0.452 e. The number of hydrogen-bond donors (Lipinski definition) is 1. The molecule has 2 amide bonds. The van der Waals surface area contributed by atoms with Crippen molar-refractivity contribution < 1.29 is 23.5 Å². The molecule has 2 aromatic rings. The molecule has 1 aliphatic rings. The summed E-state index contributed by atoms with van der Waals surface area (Å²) in [7, 11) is 0. The average Bonchev–Trinajstić information content (AvgIpc) is 3.33. The van der Waals surface area contributed by atoms with Crippen molar-refractivity contribution in [3.8, 4) is 12.0 Å². The lowest BCUT2D eigenvalue weighted by Crippen LogP contribution is -2.51. The van der Waals surface area contributed by atoms with Crippen LogP contribution in [0.5, 0.6) is 0 Å². The molecular formula is C19H20N4O5. The van der Waals surface area contributed by atoms with E-state index in [4.69, 9.17) is 14.9 Å². The molecule has 0 unspecified atom stereocenters. The van der Waals surface area contributed by atoms with E-state index in [0.717, 1.165) is 12.8 Å². The fraction of sp³-hybridized carbons (Fsp3) is 0.368. The van der Waals surface area contributed by atoms with Gasteiger partial charge in [-0.3, -0.25) is 14.2 Å². The summed E-state index contributed by atoms with van der Waals surface area (Å²) in [6.45, 7) is 1.38. The number of amides is 2. The number of nitrogens with zero attached hydrogens (tertiary/aromatic N) is 3. The maximum Gasteiger partial charge on any atom is 0.343 e. The highest BCUT2D eigenvalue weighted by atomic mass is 16.5. The van der Waals surface area contributed by atoms with Gasteiger partial charge in [0.1, 0.15) is 29.0 Å². The number of rotatable bonds is 5. The fourth-order valence-corrected chi connectivity index (χ4v) is 3.34. The minimum atomic E-state index is -0.836. The van der Waals surface area contributed by atoms with Crippen molar-refractivity contribution in [2.24, 2.45) is 5.73 Å². The second-order valence-electron chi connectivity index (χ2n) is 6.49. The molecule has 1 fully saturated rings. The third-order valence-electron chi connectivity index (χ3n) is 4.70. The summed E-state index contributed by atoms with van der Waals surface area (Å²) in [6, 6.07) is 4.77. The molecule has 3 heterocycles. The van der Waals surface area contributed by atoms with Crippen molar-refractivity contribution in [3.05, 3.63) is 41.4 Å². The lowest BCUT2D eigenvalue weighted by Gasteiger charge is -2.33. The number of nitrogens with two attached hydrogens (primary N) is 1. The van der Waals surface area contributed by atoms with Gasteiger partial charge in [0.15, 0.2) is 6.61 Å². The van der Waals surface area contributed by atoms with Gasteiger partial charge in [0, 0.05) is 18.9 Å². The van der Waals surface area contributed by atoms with E-state index in [9.17, 15) is 19.6 Å². The zero-order valence-electron chi connectivity index (χ0n) is 15.4. The molecule has 3 rings (SSSR count). The molecule has 9 heteroatoms. The van der Waals surface area contributed by atoms with Crippen molar-refractivity contribution in [2.75, 3.05) is 13.2 Å². The van der Waals surface area contributed by atoms with Crippen LogP contribution in [0.15, 0.2) is 28.9 Å². The molecule has 2 aromatic heterocycles. The molecule has 146 valence electrons. The predicted molar refractivity (Wildman–Crippen MR) is 96.3 cm³/mol. The third kappa shape index (κ3) is 3.62. The number of aryl methyl sites for hydroxylation is 1. The van der Waals surface area contributed by atoms with Gasteiger partial charge in [-0.15, -0.1) is 0 Å². The summed E-state index contributed by atoms with van der Waals surface area (Å²) in [5, 5.41) is 9.48. The maximum absolute atomic E-state index is 12.5. The van der Waals surface area contributed by atoms with Crippen LogP contribution in [0.2, 0.25) is 0 Å². The van der Waals surface area contributed by atoms with E-state index in [1.165, 1.54) is 4.90 Å². The smallest absolute Gasteiger partial charge is 0.343 e. The molecule has 0 spiro atoms. The average molecular weight is 384 g/mol. The first kappa shape index (κ1) is 19.2. The molecule has 1 aliphatic heterocycles. The van der Waals surface area contributed by atoms with Gasteiger partial charge in [-0.05, 0) is 38.3 Å². The van der Waals surface area contributed by atoms with Crippen LogP contribution in [0.25, 0.3) is 5.88 Å². The Morgan fingerprint density at radius 1 is 1.32 bits per heavy atom. The normalized spacial score (nSPS) is 16.4. The van der Waals surface area contributed by atoms with Crippen molar-refractivity contribution in [3.63, 3.8) is 0 Å². The number of carbonyl (C=O) groups is 3. The van der Waals surface area contributed by atoms with Gasteiger partial charge >= 0.3 is 5.97 Å². The minimum absolute atomic E-state index is 0.0240. The van der Waals surface area contributed by atoms with E-state index in [0.29, 0.717) is 13.0 Å². The number of likely N-dealkylation sites (tertiary alicyclic amines) is 1. The largest absolute Gasteiger partial charge is 0.452 e. The van der Waals surface area contributed by atoms with Gasteiger partial charge < -0.3 is 19.8 Å². The van der Waals surface area contributed by atoms with Crippen molar-refractivity contribution in [1.82, 2.24) is 9.47 Å². The van der Waals surface area contributed by atoms with Crippen LogP contribution in [0.4, 0.5) is 0 Å². The number of aromatic nitrogens is 1. The summed E-state index contributed by atoms with van der Waals surface area (Å²) in [4.78, 5) is 37.8. The van der Waals surface area contributed by atoms with E-state index in [1.54, 1.807) is 36.0 Å². The van der Waals surface area contributed by atoms with E-state index in [-0.39, 0.29) is 22.8 Å². The first-order chi connectivity index (χ1) is 13.4. The Hall–Kier alpha value is -3.54. The lowest BCUT2D eigenvalue weighted by atomic mass is 10.0. The number of piperidine rings is 1. The van der Waals surface area contributed by atoms with Gasteiger partial charge in [0.05, 0.1) is 0 Å². The quantitative estimate of drug-likeness (QED) is 0.772. The highest BCUT2D eigenvalue weighted by Crippen LogP contribution is 2.26. The van der Waals surface area contributed by atoms with Crippen LogP contribution in [0, 0.1) is 18.3 Å². The molecule has 1 atom stereocenters. The van der Waals surface area contributed by atoms with Gasteiger partial charge in [0.25, 0.3) is 5.91 Å². The molecule has 2 N–H and O–H groups in total. The fourth-order valence-electron chi connectivity index (χ4n) is 3.34. The predicted octanol–water partition coefficient (Wildman–Crippen LogP) is 1.27. The van der Waals surface area contributed by atoms with Crippen molar-refractivity contribution in [1.29, 1.82) is 5.26 Å². The van der Waals surface area contributed by atoms with Gasteiger partial charge in [-0.25, -0.2) is 4.79 Å². The number of nitriles is 1. The van der Waals surface area contributed by atoms with Gasteiger partial charge in [-0.1, -0.05) is 0 Å². The number of esters is 1. The summed E-state index contributed by atoms with van der Waals surface area (Å²) in [5.74, 6) is -1.49. The van der Waals surface area contributed by atoms with Crippen LogP contribution < -0.4 is 5.73 Å². The third-order valence-corrected chi connectivity index (χ3v) is 4.70. The number of carbonyl (C=O) groups excluding carboxylic acids is 3. The maximum atomic E-state index is 12.5. The Labute approximate surface area is 161 Å². The Kier molecular flexibility index (Phi) is 5.49. The summed E-state index contributed by atoms with van der Waals surface area (Å²) in [6.07, 6.45) is 5.41. The lowest BCUT2D eigenvalue weighted by molar-refractivity contribution is -0.143. The van der Waals surface area contributed by atoms with Crippen LogP contribution in [-0.4, -0.2) is 46.4 Å². The molecule has 28 heavy (non-hydrogen) atoms. The monoisotopic (exact) mass is 384 g/mol. The highest BCUT2D eigenvalue weighted by molar-refractivity contribution is 5.96. The first-order valence-electron chi connectivity index (χ1n) is 8.86. The van der Waals surface area contributed by atoms with Gasteiger partial charge in [0.2, 0.25) is 11.8 Å². The van der Waals surface area contributed by atoms with E-state index in [1.807, 2.05) is 6.07 Å². The van der Waals surface area contributed by atoms with E-state index >= 15 is 0 Å². The van der Waals surface area contributed by atoms with E-state index in [2.05, 4.69) is 0 Å². The van der Waals surface area contributed by atoms with Gasteiger partial charge in [-0.2, -0.15) is 5.26 Å². The Balaban J connectivity index is 1.74. The Bertz CT molecular complexity index is 938. The standard InChI is InChI=1S/C19H20N4O5/c1-12-16(13(10-20)18(28-12)22-7-4-5-8-22)19(26)27-11-15(24)23-9-3-2-6-14(23)17(21)25/h4-5,7-8,14H,2-3,6,9,11H2,1H3,(H2,21,25)/t14-/m1/s1. The molecule has 0 bridgehead atoms. The van der Waals surface area contributed by atoms with Crippen LogP contribution in [0.1, 0.15) is 40.9 Å². The van der Waals surface area contributed by atoms with Crippen LogP contribution in [0.3, 0.4) is 0 Å². The number of primary amides is 1. The zero-order chi connectivity index (χ0) is 20.3. The summed E-state index contributed by atoms with van der Waals surface area (Å²) < 4.78 is 12.2. The zero-order valence-corrected chi connectivity index (χ0v) is 15.4. The SMILES string of the molecule is Cc1oc(-n2cccc2)c(C#N)c1C(=O)OCC(=O)N1CCCC[C@@H]1C(N)=O. The summed E-state index contributed by atoms with van der Waals surface area (Å²) >= 11 is 0. The number of ether oxygens (including phenoxy) is 1. The molecule has 0 radical (unpaired) electrons. The topological polar surface area (TPSA) is 132 Å². The second kappa shape index (κ2) is 8.00. The van der Waals surface area contributed by atoms with Crippen LogP contribution >= 0.6 is 0 Å². The van der Waals surface area contributed by atoms with Crippen LogP contribution in [-0.2, 0) is 14.3 Å².